The number of rotatable bonds is 5. The van der Waals surface area contributed by atoms with Crippen molar-refractivity contribution in [2.24, 2.45) is 10.9 Å². The first-order valence-electron chi connectivity index (χ1n) is 5.48. The summed E-state index contributed by atoms with van der Waals surface area (Å²) < 4.78 is 0. The quantitative estimate of drug-likeness (QED) is 0.772. The van der Waals surface area contributed by atoms with E-state index in [0.29, 0.717) is 12.1 Å². The van der Waals surface area contributed by atoms with Crippen molar-refractivity contribution in [3.63, 3.8) is 0 Å². The van der Waals surface area contributed by atoms with E-state index in [0.717, 1.165) is 12.1 Å². The molecular formula is C13H17NO2. The van der Waals surface area contributed by atoms with Crippen LogP contribution < -0.4 is 0 Å². The maximum Gasteiger partial charge on any atom is 0.312 e. The molecule has 1 atom stereocenters. The molecule has 0 aliphatic carbocycles. The molecule has 3 heteroatoms. The third-order valence-electron chi connectivity index (χ3n) is 2.44. The van der Waals surface area contributed by atoms with Gasteiger partial charge in [0.25, 0.3) is 0 Å². The van der Waals surface area contributed by atoms with Crippen LogP contribution in [0.4, 0.5) is 5.69 Å². The second-order valence-corrected chi connectivity index (χ2v) is 3.77. The Hall–Kier alpha value is -1.64. The Morgan fingerprint density at radius 1 is 1.38 bits per heavy atom. The van der Waals surface area contributed by atoms with Gasteiger partial charge in [0.15, 0.2) is 0 Å². The van der Waals surface area contributed by atoms with Crippen molar-refractivity contribution in [1.82, 2.24) is 0 Å². The first-order chi connectivity index (χ1) is 7.65. The number of para-hydroxylation sites is 1. The number of nitrogens with zero attached hydrogens (tertiary/aromatic N) is 1. The van der Waals surface area contributed by atoms with Crippen LogP contribution in [0.5, 0.6) is 0 Å². The van der Waals surface area contributed by atoms with Gasteiger partial charge in [-0.1, -0.05) is 31.5 Å². The zero-order valence-corrected chi connectivity index (χ0v) is 9.68. The predicted octanol–water partition coefficient (Wildman–Crippen LogP) is 3.28. The number of aliphatic imine (C=N–C) groups is 1. The number of aliphatic carboxylic acids is 1. The minimum absolute atomic E-state index is 0.467. The van der Waals surface area contributed by atoms with Gasteiger partial charge in [-0.05, 0) is 25.5 Å². The first-order valence-corrected chi connectivity index (χ1v) is 5.48. The monoisotopic (exact) mass is 219 g/mol. The van der Waals surface area contributed by atoms with E-state index in [1.54, 1.807) is 6.92 Å². The summed E-state index contributed by atoms with van der Waals surface area (Å²) >= 11 is 0. The fraction of sp³-hybridized carbons (Fsp3) is 0.385. The largest absolute Gasteiger partial charge is 0.481 e. The van der Waals surface area contributed by atoms with E-state index in [4.69, 9.17) is 5.11 Å². The Kier molecular flexibility index (Phi) is 4.70. The van der Waals surface area contributed by atoms with Crippen LogP contribution in [-0.4, -0.2) is 16.8 Å². The van der Waals surface area contributed by atoms with E-state index in [9.17, 15) is 4.79 Å². The van der Waals surface area contributed by atoms with Gasteiger partial charge in [0, 0.05) is 5.71 Å². The molecular weight excluding hydrogens is 202 g/mol. The van der Waals surface area contributed by atoms with Crippen molar-refractivity contribution >= 4 is 17.4 Å². The standard InChI is InChI=1S/C13H17NO2/c1-3-7-12(13(15)16)10(2)14-11-8-5-4-6-9-11/h4-6,8-9,12H,3,7H2,1-2H3,(H,15,16). The molecule has 0 bridgehead atoms. The van der Waals surface area contributed by atoms with Crippen LogP contribution in [-0.2, 0) is 4.79 Å². The van der Waals surface area contributed by atoms with Crippen molar-refractivity contribution in [3.05, 3.63) is 30.3 Å². The Balaban J connectivity index is 2.86. The summed E-state index contributed by atoms with van der Waals surface area (Å²) in [7, 11) is 0. The topological polar surface area (TPSA) is 49.7 Å². The van der Waals surface area contributed by atoms with Gasteiger partial charge < -0.3 is 5.11 Å². The number of benzene rings is 1. The molecule has 0 saturated carbocycles. The third kappa shape index (κ3) is 3.50. The molecule has 1 aromatic carbocycles. The van der Waals surface area contributed by atoms with Gasteiger partial charge in [-0.3, -0.25) is 9.79 Å². The van der Waals surface area contributed by atoms with Crippen LogP contribution in [0.3, 0.4) is 0 Å². The highest BCUT2D eigenvalue weighted by Gasteiger charge is 2.19. The summed E-state index contributed by atoms with van der Waals surface area (Å²) in [4.78, 5) is 15.4. The van der Waals surface area contributed by atoms with Crippen LogP contribution in [0, 0.1) is 5.92 Å². The molecule has 0 heterocycles. The molecule has 1 N–H and O–H groups in total. The molecule has 1 rings (SSSR count). The molecule has 0 amide bonds. The lowest BCUT2D eigenvalue weighted by molar-refractivity contribution is -0.139. The van der Waals surface area contributed by atoms with E-state index < -0.39 is 11.9 Å². The summed E-state index contributed by atoms with van der Waals surface area (Å²) in [5.41, 5.74) is 1.47. The number of hydrogen-bond donors (Lipinski definition) is 1. The lowest BCUT2D eigenvalue weighted by atomic mass is 9.99. The van der Waals surface area contributed by atoms with Gasteiger partial charge >= 0.3 is 5.97 Å². The van der Waals surface area contributed by atoms with Crippen LogP contribution in [0.25, 0.3) is 0 Å². The summed E-state index contributed by atoms with van der Waals surface area (Å²) in [5, 5.41) is 9.07. The smallest absolute Gasteiger partial charge is 0.312 e. The lowest BCUT2D eigenvalue weighted by Crippen LogP contribution is -2.21. The van der Waals surface area contributed by atoms with E-state index in [1.165, 1.54) is 0 Å². The average Bonchev–Trinajstić information content (AvgIpc) is 2.26. The Morgan fingerprint density at radius 3 is 2.50 bits per heavy atom. The molecule has 3 nitrogen and oxygen atoms in total. The fourth-order valence-corrected chi connectivity index (χ4v) is 1.58. The van der Waals surface area contributed by atoms with Gasteiger partial charge in [0.1, 0.15) is 0 Å². The molecule has 0 aromatic heterocycles. The van der Waals surface area contributed by atoms with Crippen molar-refractivity contribution in [1.29, 1.82) is 0 Å². The normalized spacial score (nSPS) is 13.5. The number of carbonyl (C=O) groups is 1. The Labute approximate surface area is 95.8 Å². The zero-order chi connectivity index (χ0) is 12.0. The van der Waals surface area contributed by atoms with Crippen molar-refractivity contribution in [2.75, 3.05) is 0 Å². The number of hydrogen-bond acceptors (Lipinski definition) is 2. The van der Waals surface area contributed by atoms with Crippen molar-refractivity contribution in [2.45, 2.75) is 26.7 Å². The number of carboxylic acid groups (broad SMARTS) is 1. The minimum Gasteiger partial charge on any atom is -0.481 e. The SMILES string of the molecule is CCCC(C(=O)O)C(C)=Nc1ccccc1. The zero-order valence-electron chi connectivity index (χ0n) is 9.68. The van der Waals surface area contributed by atoms with E-state index in [2.05, 4.69) is 4.99 Å². The van der Waals surface area contributed by atoms with Crippen LogP contribution in [0.15, 0.2) is 35.3 Å². The molecule has 16 heavy (non-hydrogen) atoms. The fourth-order valence-electron chi connectivity index (χ4n) is 1.58. The second-order valence-electron chi connectivity index (χ2n) is 3.77. The maximum absolute atomic E-state index is 11.0. The highest BCUT2D eigenvalue weighted by Crippen LogP contribution is 2.15. The van der Waals surface area contributed by atoms with Crippen molar-refractivity contribution in [3.8, 4) is 0 Å². The van der Waals surface area contributed by atoms with E-state index in [-0.39, 0.29) is 0 Å². The van der Waals surface area contributed by atoms with Gasteiger partial charge in [-0.2, -0.15) is 0 Å². The van der Waals surface area contributed by atoms with Gasteiger partial charge in [0.05, 0.1) is 11.6 Å². The summed E-state index contributed by atoms with van der Waals surface area (Å²) in [6.45, 7) is 3.76. The average molecular weight is 219 g/mol. The molecule has 0 radical (unpaired) electrons. The summed E-state index contributed by atoms with van der Waals surface area (Å²) in [5.74, 6) is -1.26. The highest BCUT2D eigenvalue weighted by molar-refractivity contribution is 6.01. The molecule has 1 unspecified atom stereocenters. The van der Waals surface area contributed by atoms with Crippen molar-refractivity contribution < 1.29 is 9.90 Å². The Bertz CT molecular complexity index is 371. The molecule has 0 fully saturated rings. The summed E-state index contributed by atoms with van der Waals surface area (Å²) in [6.07, 6.45) is 1.48. The van der Waals surface area contributed by atoms with Crippen LogP contribution in [0.1, 0.15) is 26.7 Å². The Morgan fingerprint density at radius 2 is 2.00 bits per heavy atom. The lowest BCUT2D eigenvalue weighted by Gasteiger charge is -2.10. The molecule has 1 aromatic rings. The van der Waals surface area contributed by atoms with E-state index >= 15 is 0 Å². The molecule has 0 saturated heterocycles. The first kappa shape index (κ1) is 12.4. The highest BCUT2D eigenvalue weighted by atomic mass is 16.4. The molecule has 86 valence electrons. The molecule has 0 aliphatic rings. The minimum atomic E-state index is -0.793. The second kappa shape index (κ2) is 6.05. The van der Waals surface area contributed by atoms with Crippen LogP contribution >= 0.6 is 0 Å². The third-order valence-corrected chi connectivity index (χ3v) is 2.44. The molecule has 0 spiro atoms. The molecule has 0 aliphatic heterocycles. The van der Waals surface area contributed by atoms with Gasteiger partial charge in [-0.15, -0.1) is 0 Å². The van der Waals surface area contributed by atoms with Crippen LogP contribution in [0.2, 0.25) is 0 Å². The van der Waals surface area contributed by atoms with E-state index in [1.807, 2.05) is 37.3 Å². The maximum atomic E-state index is 11.0. The van der Waals surface area contributed by atoms with Gasteiger partial charge in [0.2, 0.25) is 0 Å². The predicted molar refractivity (Wildman–Crippen MR) is 65.2 cm³/mol. The van der Waals surface area contributed by atoms with Gasteiger partial charge in [-0.25, -0.2) is 0 Å². The summed E-state index contributed by atoms with van der Waals surface area (Å²) in [6, 6.07) is 9.43. The number of carboxylic acids is 1.